The summed E-state index contributed by atoms with van der Waals surface area (Å²) in [5.74, 6) is -0.152. The molecule has 2 aromatic rings. The van der Waals surface area contributed by atoms with Crippen LogP contribution in [0, 0.1) is 19.3 Å². The number of aliphatic hydroxyl groups excluding tert-OH is 1. The molecule has 0 fully saturated rings. The number of aryl methyl sites for hydroxylation is 2. The first-order chi connectivity index (χ1) is 11.7. The van der Waals surface area contributed by atoms with Crippen LogP contribution in [-0.2, 0) is 6.54 Å². The van der Waals surface area contributed by atoms with Gasteiger partial charge < -0.3 is 10.4 Å². The number of carbonyl (C=O) groups excluding carboxylic acids is 1. The molecule has 0 saturated carbocycles. The number of amides is 1. The quantitative estimate of drug-likeness (QED) is 0.847. The number of nitrogens with one attached hydrogen (secondary N) is 1. The predicted octanol–water partition coefficient (Wildman–Crippen LogP) is 3.08. The standard InChI is InChI=1S/C20H29N3O2/c1-14-10-15(2)23(22-14)12-16-6-8-17(9-7-16)19(25)21-18(13-24)11-20(3,4)5/h6-10,18,24H,11-13H2,1-5H3,(H,21,25). The van der Waals surface area contributed by atoms with E-state index in [1.54, 1.807) is 0 Å². The van der Waals surface area contributed by atoms with Gasteiger partial charge in [0.25, 0.3) is 5.91 Å². The van der Waals surface area contributed by atoms with E-state index in [0.29, 0.717) is 12.1 Å². The second kappa shape index (κ2) is 7.83. The molecule has 0 spiro atoms. The van der Waals surface area contributed by atoms with Gasteiger partial charge in [-0.25, -0.2) is 0 Å². The van der Waals surface area contributed by atoms with Crippen molar-refractivity contribution in [3.05, 3.63) is 52.8 Å². The van der Waals surface area contributed by atoms with Gasteiger partial charge in [0.15, 0.2) is 0 Å². The van der Waals surface area contributed by atoms with Gasteiger partial charge >= 0.3 is 0 Å². The summed E-state index contributed by atoms with van der Waals surface area (Å²) < 4.78 is 1.95. The number of aromatic nitrogens is 2. The Balaban J connectivity index is 2.01. The molecule has 5 nitrogen and oxygen atoms in total. The molecule has 0 bridgehead atoms. The lowest BCUT2D eigenvalue weighted by Crippen LogP contribution is -2.40. The number of nitrogens with zero attached hydrogens (tertiary/aromatic N) is 2. The molecule has 2 N–H and O–H groups in total. The van der Waals surface area contributed by atoms with E-state index in [2.05, 4.69) is 31.2 Å². The third-order valence-corrected chi connectivity index (χ3v) is 4.07. The van der Waals surface area contributed by atoms with Gasteiger partial charge in [0.1, 0.15) is 0 Å². The molecule has 0 aliphatic rings. The van der Waals surface area contributed by atoms with Crippen LogP contribution in [0.15, 0.2) is 30.3 Å². The summed E-state index contributed by atoms with van der Waals surface area (Å²) in [6.07, 6.45) is 0.727. The van der Waals surface area contributed by atoms with Crippen molar-refractivity contribution in [3.63, 3.8) is 0 Å². The van der Waals surface area contributed by atoms with Gasteiger partial charge in [-0.15, -0.1) is 0 Å². The van der Waals surface area contributed by atoms with Crippen LogP contribution in [0.2, 0.25) is 0 Å². The van der Waals surface area contributed by atoms with Crippen LogP contribution in [0.25, 0.3) is 0 Å². The first-order valence-electron chi connectivity index (χ1n) is 8.69. The Kier molecular flexibility index (Phi) is 6.01. The van der Waals surface area contributed by atoms with E-state index in [-0.39, 0.29) is 24.0 Å². The van der Waals surface area contributed by atoms with Gasteiger partial charge in [0.2, 0.25) is 0 Å². The normalized spacial score (nSPS) is 12.9. The Morgan fingerprint density at radius 1 is 1.24 bits per heavy atom. The third kappa shape index (κ3) is 5.71. The zero-order valence-corrected chi connectivity index (χ0v) is 15.8. The number of hydrogen-bond acceptors (Lipinski definition) is 3. The van der Waals surface area contributed by atoms with Crippen molar-refractivity contribution in [1.82, 2.24) is 15.1 Å². The topological polar surface area (TPSA) is 67.2 Å². The van der Waals surface area contributed by atoms with E-state index in [9.17, 15) is 9.90 Å². The van der Waals surface area contributed by atoms with Crippen LogP contribution in [0.4, 0.5) is 0 Å². The van der Waals surface area contributed by atoms with Gasteiger partial charge in [-0.05, 0) is 49.4 Å². The highest BCUT2D eigenvalue weighted by molar-refractivity contribution is 5.94. The Morgan fingerprint density at radius 2 is 1.88 bits per heavy atom. The number of hydrogen-bond donors (Lipinski definition) is 2. The monoisotopic (exact) mass is 343 g/mol. The van der Waals surface area contributed by atoms with Crippen molar-refractivity contribution in [2.24, 2.45) is 5.41 Å². The van der Waals surface area contributed by atoms with Crippen molar-refractivity contribution in [3.8, 4) is 0 Å². The van der Waals surface area contributed by atoms with E-state index in [4.69, 9.17) is 0 Å². The van der Waals surface area contributed by atoms with Crippen LogP contribution in [-0.4, -0.2) is 33.4 Å². The van der Waals surface area contributed by atoms with Crippen LogP contribution >= 0.6 is 0 Å². The first-order valence-corrected chi connectivity index (χ1v) is 8.69. The average Bonchev–Trinajstić information content (AvgIpc) is 2.83. The summed E-state index contributed by atoms with van der Waals surface area (Å²) in [6.45, 7) is 10.9. The SMILES string of the molecule is Cc1cc(C)n(Cc2ccc(C(=O)NC(CO)CC(C)(C)C)cc2)n1. The maximum absolute atomic E-state index is 12.4. The fourth-order valence-electron chi connectivity index (χ4n) is 2.94. The maximum atomic E-state index is 12.4. The summed E-state index contributed by atoms with van der Waals surface area (Å²) in [4.78, 5) is 12.4. The van der Waals surface area contributed by atoms with E-state index < -0.39 is 0 Å². The maximum Gasteiger partial charge on any atom is 0.251 e. The fraction of sp³-hybridized carbons (Fsp3) is 0.500. The minimum absolute atomic E-state index is 0.0459. The van der Waals surface area contributed by atoms with Crippen molar-refractivity contribution in [2.45, 2.75) is 53.6 Å². The van der Waals surface area contributed by atoms with Gasteiger partial charge in [-0.1, -0.05) is 32.9 Å². The van der Waals surface area contributed by atoms with Crippen molar-refractivity contribution in [1.29, 1.82) is 0 Å². The third-order valence-electron chi connectivity index (χ3n) is 4.07. The van der Waals surface area contributed by atoms with E-state index in [1.165, 1.54) is 0 Å². The highest BCUT2D eigenvalue weighted by Crippen LogP contribution is 2.21. The number of benzene rings is 1. The van der Waals surface area contributed by atoms with E-state index in [1.807, 2.05) is 48.9 Å². The molecule has 0 radical (unpaired) electrons. The van der Waals surface area contributed by atoms with Crippen LogP contribution < -0.4 is 5.32 Å². The summed E-state index contributed by atoms with van der Waals surface area (Å²) in [7, 11) is 0. The Hall–Kier alpha value is -2.14. The predicted molar refractivity (Wildman–Crippen MR) is 99.7 cm³/mol. The number of carbonyl (C=O) groups is 1. The number of rotatable bonds is 6. The van der Waals surface area contributed by atoms with Gasteiger partial charge in [0, 0.05) is 11.3 Å². The lowest BCUT2D eigenvalue weighted by Gasteiger charge is -2.25. The molecular formula is C20H29N3O2. The molecule has 1 atom stereocenters. The average molecular weight is 343 g/mol. The minimum Gasteiger partial charge on any atom is -0.394 e. The first kappa shape index (κ1) is 19.2. The highest BCUT2D eigenvalue weighted by atomic mass is 16.3. The number of aliphatic hydroxyl groups is 1. The summed E-state index contributed by atoms with van der Waals surface area (Å²) >= 11 is 0. The Morgan fingerprint density at radius 3 is 2.36 bits per heavy atom. The Labute approximate surface area is 150 Å². The van der Waals surface area contributed by atoms with Crippen LogP contribution in [0.5, 0.6) is 0 Å². The van der Waals surface area contributed by atoms with Crippen molar-refractivity contribution >= 4 is 5.91 Å². The van der Waals surface area contributed by atoms with Crippen LogP contribution in [0.3, 0.4) is 0 Å². The van der Waals surface area contributed by atoms with Gasteiger partial charge in [-0.2, -0.15) is 5.10 Å². The second-order valence-electron chi connectivity index (χ2n) is 7.90. The molecule has 0 aliphatic carbocycles. The molecular weight excluding hydrogens is 314 g/mol. The Bertz CT molecular complexity index is 712. The second-order valence-corrected chi connectivity index (χ2v) is 7.90. The molecule has 1 unspecified atom stereocenters. The largest absolute Gasteiger partial charge is 0.394 e. The van der Waals surface area contributed by atoms with E-state index >= 15 is 0 Å². The molecule has 1 aromatic heterocycles. The molecule has 1 amide bonds. The molecule has 0 saturated heterocycles. The summed E-state index contributed by atoms with van der Waals surface area (Å²) in [5.41, 5.74) is 3.86. The lowest BCUT2D eigenvalue weighted by atomic mass is 9.88. The highest BCUT2D eigenvalue weighted by Gasteiger charge is 2.20. The summed E-state index contributed by atoms with van der Waals surface area (Å²) in [5, 5.41) is 16.9. The van der Waals surface area contributed by atoms with Gasteiger partial charge in [0.05, 0.1) is 24.9 Å². The van der Waals surface area contributed by atoms with E-state index in [0.717, 1.165) is 23.4 Å². The smallest absolute Gasteiger partial charge is 0.251 e. The molecule has 5 heteroatoms. The molecule has 2 rings (SSSR count). The minimum atomic E-state index is -0.234. The molecule has 136 valence electrons. The molecule has 1 aromatic carbocycles. The molecule has 1 heterocycles. The summed E-state index contributed by atoms with van der Waals surface area (Å²) in [6, 6.07) is 9.35. The zero-order valence-electron chi connectivity index (χ0n) is 15.8. The molecule has 25 heavy (non-hydrogen) atoms. The van der Waals surface area contributed by atoms with Crippen LogP contribution in [0.1, 0.15) is 54.5 Å². The zero-order chi connectivity index (χ0) is 18.6. The van der Waals surface area contributed by atoms with Crippen molar-refractivity contribution in [2.75, 3.05) is 6.61 Å². The van der Waals surface area contributed by atoms with Crippen molar-refractivity contribution < 1.29 is 9.90 Å². The fourth-order valence-corrected chi connectivity index (χ4v) is 2.94. The lowest BCUT2D eigenvalue weighted by molar-refractivity contribution is 0.0897. The molecule has 0 aliphatic heterocycles. The van der Waals surface area contributed by atoms with Gasteiger partial charge in [-0.3, -0.25) is 9.48 Å².